The monoisotopic (exact) mass is 279 g/mol. The molecule has 0 saturated carbocycles. The van der Waals surface area contributed by atoms with Gasteiger partial charge in [-0.05, 0) is 31.5 Å². The molecular weight excluding hydrogens is 257 g/mol. The van der Waals surface area contributed by atoms with Gasteiger partial charge in [-0.3, -0.25) is 0 Å². The summed E-state index contributed by atoms with van der Waals surface area (Å²) < 4.78 is 18.9. The van der Waals surface area contributed by atoms with Crippen molar-refractivity contribution in [3.05, 3.63) is 42.2 Å². The number of nitrogens with one attached hydrogen (secondary N) is 2. The van der Waals surface area contributed by atoms with Crippen molar-refractivity contribution in [1.82, 2.24) is 10.6 Å². The largest absolute Gasteiger partial charge is 0.491 e. The molecule has 110 valence electrons. The number of benzene rings is 1. The number of nitrogens with zero attached hydrogens (tertiary/aromatic N) is 1. The Labute approximate surface area is 119 Å². The average molecular weight is 279 g/mol. The molecule has 0 radical (unpaired) electrons. The second kappa shape index (κ2) is 8.96. The molecule has 0 bridgehead atoms. The van der Waals surface area contributed by atoms with Gasteiger partial charge < -0.3 is 15.4 Å². The van der Waals surface area contributed by atoms with E-state index in [4.69, 9.17) is 4.74 Å². The van der Waals surface area contributed by atoms with E-state index in [-0.39, 0.29) is 11.6 Å². The van der Waals surface area contributed by atoms with E-state index in [1.165, 1.54) is 6.07 Å². The standard InChI is InChI=1S/C15H22FN3O/c1-4-9-18-15(17-5-2)19-11-12-7-8-14(20-6-3)13(16)10-12/h4,7-8,10H,1,5-6,9,11H2,2-3H3,(H2,17,18,19). The van der Waals surface area contributed by atoms with Crippen LogP contribution in [0.3, 0.4) is 0 Å². The lowest BCUT2D eigenvalue weighted by molar-refractivity contribution is 0.321. The first-order valence-corrected chi connectivity index (χ1v) is 6.75. The van der Waals surface area contributed by atoms with Gasteiger partial charge in [-0.2, -0.15) is 0 Å². The number of ether oxygens (including phenoxy) is 1. The molecule has 0 aromatic heterocycles. The van der Waals surface area contributed by atoms with Crippen LogP contribution in [0.15, 0.2) is 35.8 Å². The predicted octanol–water partition coefficient (Wildman–Crippen LogP) is 2.47. The Morgan fingerprint density at radius 2 is 2.20 bits per heavy atom. The van der Waals surface area contributed by atoms with Crippen molar-refractivity contribution in [1.29, 1.82) is 0 Å². The third-order valence-corrected chi connectivity index (χ3v) is 2.47. The Morgan fingerprint density at radius 1 is 1.40 bits per heavy atom. The second-order valence-electron chi connectivity index (χ2n) is 4.06. The van der Waals surface area contributed by atoms with Gasteiger partial charge in [0.1, 0.15) is 0 Å². The zero-order valence-corrected chi connectivity index (χ0v) is 12.1. The van der Waals surface area contributed by atoms with Crippen LogP contribution in [0.1, 0.15) is 19.4 Å². The fraction of sp³-hybridized carbons (Fsp3) is 0.400. The van der Waals surface area contributed by atoms with Gasteiger partial charge in [0.05, 0.1) is 13.2 Å². The summed E-state index contributed by atoms with van der Waals surface area (Å²) in [6.07, 6.45) is 1.75. The van der Waals surface area contributed by atoms with Crippen LogP contribution in [0.25, 0.3) is 0 Å². The molecule has 0 spiro atoms. The number of halogens is 1. The quantitative estimate of drug-likeness (QED) is 0.458. The second-order valence-corrected chi connectivity index (χ2v) is 4.06. The topological polar surface area (TPSA) is 45.7 Å². The van der Waals surface area contributed by atoms with Crippen molar-refractivity contribution in [3.8, 4) is 5.75 Å². The Morgan fingerprint density at radius 3 is 2.80 bits per heavy atom. The SMILES string of the molecule is C=CCNC(=NCc1ccc(OCC)c(F)c1)NCC. The molecule has 1 aromatic rings. The Hall–Kier alpha value is -2.04. The van der Waals surface area contributed by atoms with Gasteiger partial charge in [-0.1, -0.05) is 12.1 Å². The number of hydrogen-bond donors (Lipinski definition) is 2. The van der Waals surface area contributed by atoms with Gasteiger partial charge in [-0.25, -0.2) is 9.38 Å². The average Bonchev–Trinajstić information content (AvgIpc) is 2.45. The summed E-state index contributed by atoms with van der Waals surface area (Å²) in [5.74, 6) is 0.599. The molecule has 1 aromatic carbocycles. The normalized spacial score (nSPS) is 11.1. The van der Waals surface area contributed by atoms with Crippen molar-refractivity contribution >= 4 is 5.96 Å². The van der Waals surface area contributed by atoms with Crippen LogP contribution in [-0.4, -0.2) is 25.7 Å². The number of aliphatic imine (C=N–C) groups is 1. The fourth-order valence-electron chi connectivity index (χ4n) is 1.60. The molecule has 4 nitrogen and oxygen atoms in total. The molecule has 0 aliphatic heterocycles. The van der Waals surface area contributed by atoms with Crippen LogP contribution in [0.5, 0.6) is 5.75 Å². The number of rotatable bonds is 7. The summed E-state index contributed by atoms with van der Waals surface area (Å²) in [4.78, 5) is 4.38. The van der Waals surface area contributed by atoms with Gasteiger partial charge in [0.25, 0.3) is 0 Å². The first kappa shape index (κ1) is 16.0. The van der Waals surface area contributed by atoms with Crippen LogP contribution in [-0.2, 0) is 6.54 Å². The summed E-state index contributed by atoms with van der Waals surface area (Å²) >= 11 is 0. The Kier molecular flexibility index (Phi) is 7.17. The maximum atomic E-state index is 13.7. The highest BCUT2D eigenvalue weighted by Gasteiger charge is 2.04. The minimum absolute atomic E-state index is 0.275. The summed E-state index contributed by atoms with van der Waals surface area (Å²) in [5.41, 5.74) is 0.793. The van der Waals surface area contributed by atoms with E-state index in [1.54, 1.807) is 12.1 Å². The van der Waals surface area contributed by atoms with Crippen LogP contribution >= 0.6 is 0 Å². The Bertz CT molecular complexity index is 460. The Balaban J connectivity index is 2.70. The number of guanidine groups is 1. The van der Waals surface area contributed by atoms with E-state index >= 15 is 0 Å². The lowest BCUT2D eigenvalue weighted by Crippen LogP contribution is -2.37. The lowest BCUT2D eigenvalue weighted by Gasteiger charge is -2.10. The van der Waals surface area contributed by atoms with Gasteiger partial charge in [0.15, 0.2) is 17.5 Å². The highest BCUT2D eigenvalue weighted by atomic mass is 19.1. The molecule has 2 N–H and O–H groups in total. The zero-order chi connectivity index (χ0) is 14.8. The van der Waals surface area contributed by atoms with E-state index < -0.39 is 0 Å². The van der Waals surface area contributed by atoms with Crippen molar-refractivity contribution in [2.24, 2.45) is 4.99 Å². The van der Waals surface area contributed by atoms with Crippen molar-refractivity contribution in [2.45, 2.75) is 20.4 Å². The third kappa shape index (κ3) is 5.30. The minimum atomic E-state index is -0.358. The first-order valence-electron chi connectivity index (χ1n) is 6.75. The van der Waals surface area contributed by atoms with E-state index in [9.17, 15) is 4.39 Å². The van der Waals surface area contributed by atoms with Crippen LogP contribution in [0.4, 0.5) is 4.39 Å². The molecule has 0 saturated heterocycles. The predicted molar refractivity (Wildman–Crippen MR) is 80.6 cm³/mol. The van der Waals surface area contributed by atoms with E-state index in [0.717, 1.165) is 12.1 Å². The molecule has 0 heterocycles. The van der Waals surface area contributed by atoms with Crippen LogP contribution in [0.2, 0.25) is 0 Å². The molecule has 0 aliphatic rings. The number of hydrogen-bond acceptors (Lipinski definition) is 2. The smallest absolute Gasteiger partial charge is 0.191 e. The van der Waals surface area contributed by atoms with Gasteiger partial charge in [-0.15, -0.1) is 6.58 Å². The highest BCUT2D eigenvalue weighted by molar-refractivity contribution is 5.79. The van der Waals surface area contributed by atoms with E-state index in [1.807, 2.05) is 19.9 Å². The maximum Gasteiger partial charge on any atom is 0.191 e. The van der Waals surface area contributed by atoms with Crippen molar-refractivity contribution in [2.75, 3.05) is 19.7 Å². The minimum Gasteiger partial charge on any atom is -0.491 e. The third-order valence-electron chi connectivity index (χ3n) is 2.47. The van der Waals surface area contributed by atoms with Crippen LogP contribution in [0, 0.1) is 5.82 Å². The maximum absolute atomic E-state index is 13.7. The highest BCUT2D eigenvalue weighted by Crippen LogP contribution is 2.18. The van der Waals surface area contributed by atoms with Crippen molar-refractivity contribution in [3.63, 3.8) is 0 Å². The fourth-order valence-corrected chi connectivity index (χ4v) is 1.60. The summed E-state index contributed by atoms with van der Waals surface area (Å²) in [5, 5.41) is 6.20. The molecule has 0 atom stereocenters. The molecule has 0 fully saturated rings. The van der Waals surface area contributed by atoms with Gasteiger partial charge in [0.2, 0.25) is 0 Å². The van der Waals surface area contributed by atoms with E-state index in [2.05, 4.69) is 22.2 Å². The lowest BCUT2D eigenvalue weighted by atomic mass is 10.2. The summed E-state index contributed by atoms with van der Waals surface area (Å²) in [7, 11) is 0. The van der Waals surface area contributed by atoms with E-state index in [0.29, 0.717) is 25.7 Å². The van der Waals surface area contributed by atoms with Gasteiger partial charge >= 0.3 is 0 Å². The molecule has 20 heavy (non-hydrogen) atoms. The van der Waals surface area contributed by atoms with Crippen LogP contribution < -0.4 is 15.4 Å². The molecule has 0 aliphatic carbocycles. The molecule has 1 rings (SSSR count). The van der Waals surface area contributed by atoms with Crippen molar-refractivity contribution < 1.29 is 9.13 Å². The molecule has 0 unspecified atom stereocenters. The summed E-state index contributed by atoms with van der Waals surface area (Å²) in [6, 6.07) is 4.90. The first-order chi connectivity index (χ1) is 9.71. The molecule has 5 heteroatoms. The molecular formula is C15H22FN3O. The summed E-state index contributed by atoms with van der Waals surface area (Å²) in [6.45, 7) is 9.69. The zero-order valence-electron chi connectivity index (χ0n) is 12.1. The van der Waals surface area contributed by atoms with Gasteiger partial charge in [0, 0.05) is 13.1 Å². The molecule has 0 amide bonds.